The van der Waals surface area contributed by atoms with Crippen LogP contribution in [0.25, 0.3) is 0 Å². The van der Waals surface area contributed by atoms with E-state index < -0.39 is 40.9 Å². The second-order valence-electron chi connectivity index (χ2n) is 6.98. The van der Waals surface area contributed by atoms with Gasteiger partial charge in [-0.1, -0.05) is 18.2 Å². The summed E-state index contributed by atoms with van der Waals surface area (Å²) in [6.07, 6.45) is 0. The zero-order valence-electron chi connectivity index (χ0n) is 16.6. The Bertz CT molecular complexity index is 1240. The van der Waals surface area contributed by atoms with Crippen molar-refractivity contribution in [1.29, 1.82) is 0 Å². The molecule has 6 nitrogen and oxygen atoms in total. The molecule has 0 saturated carbocycles. The summed E-state index contributed by atoms with van der Waals surface area (Å²) in [5.41, 5.74) is 0.402. The van der Waals surface area contributed by atoms with Crippen LogP contribution in [-0.4, -0.2) is 29.7 Å². The van der Waals surface area contributed by atoms with Crippen LogP contribution in [0.4, 0.5) is 18.9 Å². The molecule has 1 aliphatic heterocycles. The predicted octanol–water partition coefficient (Wildman–Crippen LogP) is 4.16. The SMILES string of the molecule is COc1ccc(CN2C(=O)c3ccccc3C2=O)cc1C(=O)Nc1cc(F)c(F)cc1F. The maximum absolute atomic E-state index is 13.9. The van der Waals surface area contributed by atoms with Crippen molar-refractivity contribution in [2.45, 2.75) is 6.54 Å². The van der Waals surface area contributed by atoms with E-state index in [0.717, 1.165) is 4.90 Å². The molecule has 0 aromatic heterocycles. The minimum absolute atomic E-state index is 0.0502. The average molecular weight is 440 g/mol. The molecule has 9 heteroatoms. The quantitative estimate of drug-likeness (QED) is 0.478. The van der Waals surface area contributed by atoms with E-state index in [9.17, 15) is 27.6 Å². The van der Waals surface area contributed by atoms with Crippen LogP contribution in [0.5, 0.6) is 5.75 Å². The molecule has 1 heterocycles. The van der Waals surface area contributed by atoms with Crippen molar-refractivity contribution in [3.05, 3.63) is 94.3 Å². The van der Waals surface area contributed by atoms with E-state index in [1.807, 2.05) is 0 Å². The van der Waals surface area contributed by atoms with Crippen LogP contribution in [0.15, 0.2) is 54.6 Å². The molecule has 0 unspecified atom stereocenters. The van der Waals surface area contributed by atoms with Crippen molar-refractivity contribution in [1.82, 2.24) is 4.90 Å². The first-order chi connectivity index (χ1) is 15.3. The Morgan fingerprint density at radius 3 is 2.16 bits per heavy atom. The van der Waals surface area contributed by atoms with Crippen molar-refractivity contribution < 1.29 is 32.3 Å². The fourth-order valence-electron chi connectivity index (χ4n) is 3.40. The molecule has 3 aromatic rings. The molecule has 3 amide bonds. The summed E-state index contributed by atoms with van der Waals surface area (Å²) < 4.78 is 45.7. The molecule has 1 N–H and O–H groups in total. The van der Waals surface area contributed by atoms with Gasteiger partial charge in [-0.15, -0.1) is 0 Å². The van der Waals surface area contributed by atoms with Gasteiger partial charge in [0.2, 0.25) is 0 Å². The lowest BCUT2D eigenvalue weighted by atomic mass is 10.1. The molecule has 0 atom stereocenters. The number of hydrogen-bond acceptors (Lipinski definition) is 4. The summed E-state index contributed by atoms with van der Waals surface area (Å²) in [4.78, 5) is 38.9. The smallest absolute Gasteiger partial charge is 0.261 e. The molecule has 162 valence electrons. The Balaban J connectivity index is 1.61. The summed E-state index contributed by atoms with van der Waals surface area (Å²) in [7, 11) is 1.31. The van der Waals surface area contributed by atoms with Gasteiger partial charge < -0.3 is 10.1 Å². The summed E-state index contributed by atoms with van der Waals surface area (Å²) >= 11 is 0. The Kier molecular flexibility index (Phi) is 5.40. The fourth-order valence-corrected chi connectivity index (χ4v) is 3.40. The van der Waals surface area contributed by atoms with Crippen LogP contribution in [0.1, 0.15) is 36.6 Å². The van der Waals surface area contributed by atoms with Crippen molar-refractivity contribution in [2.24, 2.45) is 0 Å². The van der Waals surface area contributed by atoms with Gasteiger partial charge in [0.05, 0.1) is 36.0 Å². The van der Waals surface area contributed by atoms with Crippen LogP contribution in [0.3, 0.4) is 0 Å². The Morgan fingerprint density at radius 1 is 0.906 bits per heavy atom. The number of methoxy groups -OCH3 is 1. The van der Waals surface area contributed by atoms with E-state index in [1.165, 1.54) is 19.2 Å². The number of imide groups is 1. The number of carbonyl (C=O) groups is 3. The van der Waals surface area contributed by atoms with Gasteiger partial charge in [-0.05, 0) is 29.8 Å². The number of ether oxygens (including phenoxy) is 1. The fraction of sp³-hybridized carbons (Fsp3) is 0.0870. The molecular weight excluding hydrogens is 425 g/mol. The van der Waals surface area contributed by atoms with Crippen molar-refractivity contribution in [3.8, 4) is 5.75 Å². The van der Waals surface area contributed by atoms with Gasteiger partial charge >= 0.3 is 0 Å². The molecule has 3 aromatic carbocycles. The number of anilines is 1. The maximum atomic E-state index is 13.9. The first kappa shape index (κ1) is 21.1. The first-order valence-electron chi connectivity index (χ1n) is 9.38. The highest BCUT2D eigenvalue weighted by atomic mass is 19.2. The summed E-state index contributed by atoms with van der Waals surface area (Å²) in [5, 5.41) is 2.17. The first-order valence-corrected chi connectivity index (χ1v) is 9.38. The maximum Gasteiger partial charge on any atom is 0.261 e. The molecule has 32 heavy (non-hydrogen) atoms. The summed E-state index contributed by atoms with van der Waals surface area (Å²) in [6.45, 7) is -0.115. The molecule has 1 aliphatic rings. The number of fused-ring (bicyclic) bond motifs is 1. The van der Waals surface area contributed by atoms with Crippen molar-refractivity contribution >= 4 is 23.4 Å². The number of nitrogens with zero attached hydrogens (tertiary/aromatic N) is 1. The predicted molar refractivity (Wildman–Crippen MR) is 108 cm³/mol. The number of halogens is 3. The highest BCUT2D eigenvalue weighted by molar-refractivity contribution is 6.21. The van der Waals surface area contributed by atoms with E-state index in [4.69, 9.17) is 4.74 Å². The van der Waals surface area contributed by atoms with Gasteiger partial charge in [-0.3, -0.25) is 19.3 Å². The van der Waals surface area contributed by atoms with Crippen LogP contribution in [0.2, 0.25) is 0 Å². The van der Waals surface area contributed by atoms with E-state index >= 15 is 0 Å². The van der Waals surface area contributed by atoms with Crippen molar-refractivity contribution in [2.75, 3.05) is 12.4 Å². The highest BCUT2D eigenvalue weighted by Gasteiger charge is 2.35. The standard InChI is InChI=1S/C23H15F3N2O4/c1-32-20-7-6-12(11-28-22(30)13-4-2-3-5-14(13)23(28)31)8-15(20)21(29)27-19-10-17(25)16(24)9-18(19)26/h2-10H,11H2,1H3,(H,27,29). The number of benzene rings is 3. The largest absolute Gasteiger partial charge is 0.496 e. The third kappa shape index (κ3) is 3.68. The third-order valence-electron chi connectivity index (χ3n) is 4.99. The van der Waals surface area contributed by atoms with Gasteiger partial charge in [0.15, 0.2) is 11.6 Å². The second kappa shape index (κ2) is 8.18. The van der Waals surface area contributed by atoms with Gasteiger partial charge in [0.1, 0.15) is 11.6 Å². The molecule has 0 spiro atoms. The number of hydrogen-bond donors (Lipinski definition) is 1. The average Bonchev–Trinajstić information content (AvgIpc) is 3.02. The Hall–Kier alpha value is -4.14. The van der Waals surface area contributed by atoms with Crippen molar-refractivity contribution in [3.63, 3.8) is 0 Å². The number of nitrogens with one attached hydrogen (secondary N) is 1. The Morgan fingerprint density at radius 2 is 1.53 bits per heavy atom. The van der Waals surface area contributed by atoms with Crippen LogP contribution in [-0.2, 0) is 6.54 Å². The molecule has 0 fully saturated rings. The lowest BCUT2D eigenvalue weighted by Gasteiger charge is -2.16. The third-order valence-corrected chi connectivity index (χ3v) is 4.99. The monoisotopic (exact) mass is 440 g/mol. The lowest BCUT2D eigenvalue weighted by Crippen LogP contribution is -2.29. The highest BCUT2D eigenvalue weighted by Crippen LogP contribution is 2.27. The normalized spacial score (nSPS) is 12.7. The summed E-state index contributed by atoms with van der Waals surface area (Å²) in [6, 6.07) is 11.6. The van der Waals surface area contributed by atoms with Crippen LogP contribution >= 0.6 is 0 Å². The second-order valence-corrected chi connectivity index (χ2v) is 6.98. The van der Waals surface area contributed by atoms with E-state index in [1.54, 1.807) is 30.3 Å². The zero-order valence-corrected chi connectivity index (χ0v) is 16.6. The Labute approximate surface area is 180 Å². The molecule has 0 saturated heterocycles. The van der Waals surface area contributed by atoms with Crippen LogP contribution in [0, 0.1) is 17.5 Å². The van der Waals surface area contributed by atoms with Gasteiger partial charge in [-0.2, -0.15) is 0 Å². The number of carbonyl (C=O) groups excluding carboxylic acids is 3. The minimum atomic E-state index is -1.39. The molecular formula is C23H15F3N2O4. The van der Waals surface area contributed by atoms with E-state index in [-0.39, 0.29) is 29.0 Å². The number of rotatable bonds is 5. The van der Waals surface area contributed by atoms with Gasteiger partial charge in [-0.25, -0.2) is 13.2 Å². The molecule has 4 rings (SSSR count). The molecule has 0 bridgehead atoms. The topological polar surface area (TPSA) is 75.7 Å². The van der Waals surface area contributed by atoms with Crippen LogP contribution < -0.4 is 10.1 Å². The zero-order chi connectivity index (χ0) is 23.0. The number of amides is 3. The van der Waals surface area contributed by atoms with E-state index in [2.05, 4.69) is 5.32 Å². The summed E-state index contributed by atoms with van der Waals surface area (Å²) in [5.74, 6) is -5.52. The van der Waals surface area contributed by atoms with E-state index in [0.29, 0.717) is 17.7 Å². The van der Waals surface area contributed by atoms with Gasteiger partial charge in [0.25, 0.3) is 17.7 Å². The van der Waals surface area contributed by atoms with Gasteiger partial charge in [0, 0.05) is 12.1 Å². The minimum Gasteiger partial charge on any atom is -0.496 e. The lowest BCUT2D eigenvalue weighted by molar-refractivity contribution is 0.0642. The molecule has 0 radical (unpaired) electrons. The molecule has 0 aliphatic carbocycles.